The minimum atomic E-state index is 0.259. The van der Waals surface area contributed by atoms with Crippen LogP contribution in [0.5, 0.6) is 5.75 Å². The fourth-order valence-corrected chi connectivity index (χ4v) is 1.88. The number of hydrogen-bond acceptors (Lipinski definition) is 3. The van der Waals surface area contributed by atoms with Gasteiger partial charge >= 0.3 is 0 Å². The van der Waals surface area contributed by atoms with Crippen LogP contribution in [0.2, 0.25) is 5.02 Å². The van der Waals surface area contributed by atoms with Crippen molar-refractivity contribution in [3.63, 3.8) is 0 Å². The molecule has 0 atom stereocenters. The Morgan fingerprint density at radius 1 is 1.15 bits per heavy atom. The van der Waals surface area contributed by atoms with Crippen LogP contribution in [0.15, 0.2) is 53.7 Å². The van der Waals surface area contributed by atoms with Crippen LogP contribution in [-0.4, -0.2) is 12.9 Å². The number of nitrogens with two attached hydrogens (primary N) is 1. The van der Waals surface area contributed by atoms with Gasteiger partial charge in [-0.25, -0.2) is 0 Å². The zero-order chi connectivity index (χ0) is 14.4. The largest absolute Gasteiger partial charge is 0.496 e. The van der Waals surface area contributed by atoms with E-state index in [1.54, 1.807) is 13.2 Å². The SMILES string of the molecule is COc1ccccc1/C(N)=N/OCc1ccccc1Cl. The van der Waals surface area contributed by atoms with Crippen LogP contribution in [0.4, 0.5) is 0 Å². The molecule has 0 unspecified atom stereocenters. The fraction of sp³-hybridized carbons (Fsp3) is 0.133. The summed E-state index contributed by atoms with van der Waals surface area (Å²) >= 11 is 6.02. The molecule has 20 heavy (non-hydrogen) atoms. The lowest BCUT2D eigenvalue weighted by Crippen LogP contribution is -2.15. The molecule has 0 radical (unpaired) electrons. The second-order valence-corrected chi connectivity index (χ2v) is 4.45. The monoisotopic (exact) mass is 290 g/mol. The molecule has 0 saturated heterocycles. The standard InChI is InChI=1S/C15H15ClN2O2/c1-19-14-9-5-3-7-12(14)15(17)18-20-10-11-6-2-4-8-13(11)16/h2-9H,10H2,1H3,(H2,17,18). The fourth-order valence-electron chi connectivity index (χ4n) is 1.69. The molecule has 104 valence electrons. The Morgan fingerprint density at radius 3 is 2.60 bits per heavy atom. The lowest BCUT2D eigenvalue weighted by molar-refractivity contribution is 0.130. The number of hydrogen-bond donors (Lipinski definition) is 1. The molecule has 0 saturated carbocycles. The molecule has 0 aromatic heterocycles. The minimum absolute atomic E-state index is 0.259. The minimum Gasteiger partial charge on any atom is -0.496 e. The molecule has 0 fully saturated rings. The molecule has 2 N–H and O–H groups in total. The van der Waals surface area contributed by atoms with Crippen molar-refractivity contribution in [2.75, 3.05) is 7.11 Å². The maximum Gasteiger partial charge on any atom is 0.174 e. The lowest BCUT2D eigenvalue weighted by atomic mass is 10.2. The van der Waals surface area contributed by atoms with Crippen molar-refractivity contribution in [3.8, 4) is 5.75 Å². The Morgan fingerprint density at radius 2 is 1.85 bits per heavy atom. The highest BCUT2D eigenvalue weighted by atomic mass is 35.5. The van der Waals surface area contributed by atoms with E-state index in [2.05, 4.69) is 5.16 Å². The van der Waals surface area contributed by atoms with Crippen LogP contribution in [-0.2, 0) is 11.4 Å². The van der Waals surface area contributed by atoms with E-state index in [1.807, 2.05) is 42.5 Å². The van der Waals surface area contributed by atoms with Crippen LogP contribution in [0.25, 0.3) is 0 Å². The maximum atomic E-state index is 6.02. The number of benzene rings is 2. The molecule has 0 heterocycles. The number of nitrogens with zero attached hydrogens (tertiary/aromatic N) is 1. The summed E-state index contributed by atoms with van der Waals surface area (Å²) in [6.45, 7) is 0.259. The third kappa shape index (κ3) is 3.42. The van der Waals surface area contributed by atoms with E-state index < -0.39 is 0 Å². The highest BCUT2D eigenvalue weighted by Gasteiger charge is 2.06. The van der Waals surface area contributed by atoms with Gasteiger partial charge in [-0.15, -0.1) is 0 Å². The second kappa shape index (κ2) is 6.82. The Kier molecular flexibility index (Phi) is 4.85. The van der Waals surface area contributed by atoms with E-state index in [0.29, 0.717) is 16.3 Å². The van der Waals surface area contributed by atoms with Gasteiger partial charge in [-0.3, -0.25) is 0 Å². The summed E-state index contributed by atoms with van der Waals surface area (Å²) in [5, 5.41) is 4.53. The summed E-state index contributed by atoms with van der Waals surface area (Å²) in [5.41, 5.74) is 7.43. The quantitative estimate of drug-likeness (QED) is 0.523. The molecule has 4 nitrogen and oxygen atoms in total. The van der Waals surface area contributed by atoms with Crippen molar-refractivity contribution in [2.45, 2.75) is 6.61 Å². The lowest BCUT2D eigenvalue weighted by Gasteiger charge is -2.07. The first-order valence-corrected chi connectivity index (χ1v) is 6.42. The zero-order valence-corrected chi connectivity index (χ0v) is 11.8. The zero-order valence-electron chi connectivity index (χ0n) is 11.0. The summed E-state index contributed by atoms with van der Waals surface area (Å²) in [4.78, 5) is 5.24. The number of para-hydroxylation sites is 1. The summed E-state index contributed by atoms with van der Waals surface area (Å²) in [7, 11) is 1.58. The van der Waals surface area contributed by atoms with Crippen LogP contribution in [0, 0.1) is 0 Å². The smallest absolute Gasteiger partial charge is 0.174 e. The van der Waals surface area contributed by atoms with Gasteiger partial charge in [0.2, 0.25) is 0 Å². The van der Waals surface area contributed by atoms with Gasteiger partial charge in [-0.1, -0.05) is 47.1 Å². The Labute approximate surface area is 122 Å². The third-order valence-electron chi connectivity index (χ3n) is 2.72. The predicted octanol–water partition coefficient (Wildman–Crippen LogP) is 3.19. The number of oxime groups is 1. The van der Waals surface area contributed by atoms with Crippen molar-refractivity contribution >= 4 is 17.4 Å². The molecule has 0 amide bonds. The van der Waals surface area contributed by atoms with Gasteiger partial charge in [0.25, 0.3) is 0 Å². The molecule has 0 aliphatic rings. The molecular formula is C15H15ClN2O2. The van der Waals surface area contributed by atoms with E-state index in [9.17, 15) is 0 Å². The third-order valence-corrected chi connectivity index (χ3v) is 3.09. The summed E-state index contributed by atoms with van der Waals surface area (Å²) in [5.74, 6) is 0.907. The molecule has 2 rings (SSSR count). The Bertz CT molecular complexity index is 614. The van der Waals surface area contributed by atoms with Crippen molar-refractivity contribution < 1.29 is 9.57 Å². The summed E-state index contributed by atoms with van der Waals surface area (Å²) in [6.07, 6.45) is 0. The molecule has 0 spiro atoms. The maximum absolute atomic E-state index is 6.02. The highest BCUT2D eigenvalue weighted by Crippen LogP contribution is 2.18. The number of rotatable bonds is 5. The predicted molar refractivity (Wildman–Crippen MR) is 80.0 cm³/mol. The van der Waals surface area contributed by atoms with Gasteiger partial charge in [0, 0.05) is 10.6 Å². The first kappa shape index (κ1) is 14.2. The number of methoxy groups -OCH3 is 1. The van der Waals surface area contributed by atoms with Gasteiger partial charge in [-0.05, 0) is 18.2 Å². The first-order chi connectivity index (χ1) is 9.72. The number of amidine groups is 1. The Balaban J connectivity index is 2.06. The summed E-state index contributed by atoms with van der Waals surface area (Å²) in [6, 6.07) is 14.8. The van der Waals surface area contributed by atoms with Gasteiger partial charge in [0.15, 0.2) is 5.84 Å². The molecule has 2 aromatic rings. The van der Waals surface area contributed by atoms with E-state index in [4.69, 9.17) is 26.9 Å². The van der Waals surface area contributed by atoms with Crippen molar-refractivity contribution in [3.05, 3.63) is 64.7 Å². The molecular weight excluding hydrogens is 276 g/mol. The van der Waals surface area contributed by atoms with Gasteiger partial charge in [-0.2, -0.15) is 0 Å². The average molecular weight is 291 g/mol. The first-order valence-electron chi connectivity index (χ1n) is 6.04. The Hall–Kier alpha value is -2.20. The van der Waals surface area contributed by atoms with E-state index in [-0.39, 0.29) is 12.4 Å². The van der Waals surface area contributed by atoms with Gasteiger partial charge < -0.3 is 15.3 Å². The molecule has 0 aliphatic carbocycles. The summed E-state index contributed by atoms with van der Waals surface area (Å²) < 4.78 is 5.21. The van der Waals surface area contributed by atoms with Crippen molar-refractivity contribution in [1.82, 2.24) is 0 Å². The van der Waals surface area contributed by atoms with Crippen LogP contribution >= 0.6 is 11.6 Å². The van der Waals surface area contributed by atoms with Crippen molar-refractivity contribution in [2.24, 2.45) is 10.9 Å². The second-order valence-electron chi connectivity index (χ2n) is 4.04. The van der Waals surface area contributed by atoms with Crippen LogP contribution < -0.4 is 10.5 Å². The molecule has 0 aliphatic heterocycles. The molecule has 5 heteroatoms. The number of ether oxygens (including phenoxy) is 1. The van der Waals surface area contributed by atoms with E-state index in [0.717, 1.165) is 5.56 Å². The van der Waals surface area contributed by atoms with Crippen LogP contribution in [0.3, 0.4) is 0 Å². The van der Waals surface area contributed by atoms with Gasteiger partial charge in [0.05, 0.1) is 12.7 Å². The highest BCUT2D eigenvalue weighted by molar-refractivity contribution is 6.31. The average Bonchev–Trinajstić information content (AvgIpc) is 2.49. The van der Waals surface area contributed by atoms with Crippen molar-refractivity contribution in [1.29, 1.82) is 0 Å². The number of halogens is 1. The van der Waals surface area contributed by atoms with Crippen LogP contribution in [0.1, 0.15) is 11.1 Å². The molecule has 2 aromatic carbocycles. The molecule has 0 bridgehead atoms. The normalized spacial score (nSPS) is 11.2. The van der Waals surface area contributed by atoms with Gasteiger partial charge in [0.1, 0.15) is 12.4 Å². The topological polar surface area (TPSA) is 56.8 Å². The van der Waals surface area contributed by atoms with E-state index in [1.165, 1.54) is 0 Å². The van der Waals surface area contributed by atoms with E-state index >= 15 is 0 Å².